The summed E-state index contributed by atoms with van der Waals surface area (Å²) in [4.78, 5) is 8.49. The summed E-state index contributed by atoms with van der Waals surface area (Å²) in [7, 11) is 1.65. The van der Waals surface area contributed by atoms with Crippen LogP contribution in [0.1, 0.15) is 13.3 Å². The van der Waals surface area contributed by atoms with Gasteiger partial charge >= 0.3 is 0 Å². The molecule has 0 amide bonds. The molecule has 1 heterocycles. The van der Waals surface area contributed by atoms with Gasteiger partial charge in [-0.25, -0.2) is 4.99 Å². The molecule has 0 saturated heterocycles. The minimum atomic E-state index is -0.182. The maximum Gasteiger partial charge on any atom is 0.154 e. The van der Waals surface area contributed by atoms with Crippen molar-refractivity contribution in [3.8, 4) is 0 Å². The number of fused-ring (bicyclic) bond motifs is 1. The maximum atomic E-state index is 8.83. The van der Waals surface area contributed by atoms with Crippen molar-refractivity contribution in [2.24, 2.45) is 9.98 Å². The molecule has 2 rings (SSSR count). The number of ether oxygens (including phenoxy) is 1. The summed E-state index contributed by atoms with van der Waals surface area (Å²) >= 11 is 0. The second kappa shape index (κ2) is 4.71. The Hall–Kier alpha value is -1.62. The van der Waals surface area contributed by atoms with Gasteiger partial charge in [-0.1, -0.05) is 0 Å². The highest BCUT2D eigenvalue weighted by Crippen LogP contribution is 2.31. The molecule has 0 saturated carbocycles. The van der Waals surface area contributed by atoms with Crippen LogP contribution < -0.4 is 5.32 Å². The van der Waals surface area contributed by atoms with Crippen LogP contribution in [0.15, 0.2) is 33.5 Å². The molecule has 2 aliphatic rings. The Kier molecular flexibility index (Phi) is 3.28. The van der Waals surface area contributed by atoms with Crippen LogP contribution in [0.2, 0.25) is 0 Å². The van der Waals surface area contributed by atoms with E-state index in [9.17, 15) is 0 Å². The highest BCUT2D eigenvalue weighted by atomic mass is 16.5. The van der Waals surface area contributed by atoms with Gasteiger partial charge in [0.1, 0.15) is 5.76 Å². The van der Waals surface area contributed by atoms with Gasteiger partial charge in [-0.15, -0.1) is 0 Å². The molecular formula is C12H17N3O2. The van der Waals surface area contributed by atoms with E-state index in [0.717, 1.165) is 17.8 Å². The van der Waals surface area contributed by atoms with E-state index in [1.165, 1.54) is 0 Å². The largest absolute Gasteiger partial charge is 0.497 e. The minimum absolute atomic E-state index is 0.0312. The number of nitrogens with one attached hydrogen (secondary N) is 1. The Morgan fingerprint density at radius 2 is 2.47 bits per heavy atom. The smallest absolute Gasteiger partial charge is 0.154 e. The molecule has 17 heavy (non-hydrogen) atoms. The minimum Gasteiger partial charge on any atom is -0.497 e. The summed E-state index contributed by atoms with van der Waals surface area (Å²) in [6.45, 7) is 2.50. The second-order valence-electron chi connectivity index (χ2n) is 4.24. The van der Waals surface area contributed by atoms with Crippen molar-refractivity contribution >= 4 is 12.2 Å². The molecule has 1 atom stereocenters. The summed E-state index contributed by atoms with van der Waals surface area (Å²) in [5.41, 5.74) is 0.825. The molecule has 0 aromatic rings. The lowest BCUT2D eigenvalue weighted by Crippen LogP contribution is -2.49. The first-order valence-electron chi connectivity index (χ1n) is 5.62. The van der Waals surface area contributed by atoms with Crippen LogP contribution in [0.25, 0.3) is 0 Å². The standard InChI is InChI=1S/C12H17N3O2/c1-12-4-3-9(17-2)7-10(12)11(13-5-6-16)14-8-15-12/h3,7-8,16H,4-6H2,1-2H3,(H,13,14,15). The van der Waals surface area contributed by atoms with Crippen LogP contribution in [0, 0.1) is 0 Å². The fourth-order valence-electron chi connectivity index (χ4n) is 1.95. The number of hydrogen-bond acceptors (Lipinski definition) is 4. The molecule has 0 bridgehead atoms. The predicted octanol–water partition coefficient (Wildman–Crippen LogP) is 0.628. The molecule has 1 unspecified atom stereocenters. The Morgan fingerprint density at radius 1 is 1.65 bits per heavy atom. The monoisotopic (exact) mass is 235 g/mol. The van der Waals surface area contributed by atoms with Crippen LogP contribution in [0.5, 0.6) is 0 Å². The van der Waals surface area contributed by atoms with E-state index in [2.05, 4.69) is 22.2 Å². The molecule has 2 N–H and O–H groups in total. The lowest BCUT2D eigenvalue weighted by Gasteiger charge is -2.36. The first-order valence-corrected chi connectivity index (χ1v) is 5.62. The quantitative estimate of drug-likeness (QED) is 0.754. The summed E-state index contributed by atoms with van der Waals surface area (Å²) in [6, 6.07) is 0. The molecule has 1 aliphatic heterocycles. The van der Waals surface area contributed by atoms with Crippen LogP contribution in [0.4, 0.5) is 0 Å². The molecule has 5 heteroatoms. The van der Waals surface area contributed by atoms with E-state index in [0.29, 0.717) is 12.4 Å². The average molecular weight is 235 g/mol. The van der Waals surface area contributed by atoms with E-state index in [1.807, 2.05) is 12.2 Å². The van der Waals surface area contributed by atoms with Crippen molar-refractivity contribution in [1.29, 1.82) is 0 Å². The van der Waals surface area contributed by atoms with E-state index >= 15 is 0 Å². The number of rotatable bonds is 3. The SMILES string of the molecule is COC1=CCC2(C)NC=NC(=NCCO)C2=C1. The lowest BCUT2D eigenvalue weighted by atomic mass is 9.83. The number of aliphatic hydroxyl groups excluding tert-OH is 1. The number of nitrogens with zero attached hydrogens (tertiary/aromatic N) is 2. The van der Waals surface area contributed by atoms with E-state index < -0.39 is 0 Å². The number of allylic oxidation sites excluding steroid dienone is 1. The number of hydrogen-bond donors (Lipinski definition) is 2. The Balaban J connectivity index is 2.36. The average Bonchev–Trinajstić information content (AvgIpc) is 2.35. The summed E-state index contributed by atoms with van der Waals surface area (Å²) in [5.74, 6) is 1.50. The van der Waals surface area contributed by atoms with Crippen molar-refractivity contribution in [2.75, 3.05) is 20.3 Å². The topological polar surface area (TPSA) is 66.2 Å². The predicted molar refractivity (Wildman–Crippen MR) is 67.2 cm³/mol. The van der Waals surface area contributed by atoms with Gasteiger partial charge in [-0.3, -0.25) is 4.99 Å². The fourth-order valence-corrected chi connectivity index (χ4v) is 1.95. The highest BCUT2D eigenvalue weighted by Gasteiger charge is 2.35. The zero-order valence-corrected chi connectivity index (χ0v) is 10.1. The van der Waals surface area contributed by atoms with Crippen molar-refractivity contribution in [1.82, 2.24) is 5.32 Å². The molecule has 92 valence electrons. The first kappa shape index (κ1) is 11.9. The Morgan fingerprint density at radius 3 is 3.18 bits per heavy atom. The molecule has 0 aromatic carbocycles. The number of aliphatic imine (C=N–C) groups is 2. The fraction of sp³-hybridized carbons (Fsp3) is 0.500. The lowest BCUT2D eigenvalue weighted by molar-refractivity contribution is 0.297. The van der Waals surface area contributed by atoms with Crippen molar-refractivity contribution in [3.63, 3.8) is 0 Å². The molecule has 0 spiro atoms. The van der Waals surface area contributed by atoms with E-state index in [-0.39, 0.29) is 12.1 Å². The van der Waals surface area contributed by atoms with Gasteiger partial charge in [0.2, 0.25) is 0 Å². The van der Waals surface area contributed by atoms with Crippen molar-refractivity contribution in [3.05, 3.63) is 23.5 Å². The number of amidine groups is 1. The van der Waals surface area contributed by atoms with E-state index in [1.54, 1.807) is 13.4 Å². The number of aliphatic hydroxyl groups is 1. The normalized spacial score (nSPS) is 29.2. The van der Waals surface area contributed by atoms with E-state index in [4.69, 9.17) is 9.84 Å². The van der Waals surface area contributed by atoms with Gasteiger partial charge in [0.25, 0.3) is 0 Å². The van der Waals surface area contributed by atoms with Gasteiger partial charge in [0.05, 0.1) is 32.1 Å². The zero-order chi connectivity index (χ0) is 12.3. The third kappa shape index (κ3) is 2.24. The Bertz CT molecular complexity index is 423. The maximum absolute atomic E-state index is 8.83. The summed E-state index contributed by atoms with van der Waals surface area (Å²) < 4.78 is 5.24. The molecule has 0 fully saturated rings. The molecule has 5 nitrogen and oxygen atoms in total. The van der Waals surface area contributed by atoms with Crippen LogP contribution in [0.3, 0.4) is 0 Å². The molecule has 1 aliphatic carbocycles. The van der Waals surface area contributed by atoms with Crippen LogP contribution in [-0.4, -0.2) is 43.1 Å². The van der Waals surface area contributed by atoms with Gasteiger partial charge in [0, 0.05) is 5.57 Å². The molecule has 0 aromatic heterocycles. The van der Waals surface area contributed by atoms with Gasteiger partial charge in [0.15, 0.2) is 5.84 Å². The molecular weight excluding hydrogens is 218 g/mol. The van der Waals surface area contributed by atoms with Crippen molar-refractivity contribution in [2.45, 2.75) is 18.9 Å². The number of methoxy groups -OCH3 is 1. The molecule has 0 radical (unpaired) electrons. The van der Waals surface area contributed by atoms with Gasteiger partial charge < -0.3 is 15.2 Å². The highest BCUT2D eigenvalue weighted by molar-refractivity contribution is 6.07. The van der Waals surface area contributed by atoms with Gasteiger partial charge in [-0.2, -0.15) is 0 Å². The zero-order valence-electron chi connectivity index (χ0n) is 10.1. The summed E-state index contributed by atoms with van der Waals surface area (Å²) in [5, 5.41) is 12.1. The van der Waals surface area contributed by atoms with Crippen molar-refractivity contribution < 1.29 is 9.84 Å². The Labute approximate surface area is 101 Å². The third-order valence-corrected chi connectivity index (χ3v) is 3.00. The summed E-state index contributed by atoms with van der Waals surface area (Å²) in [6.07, 6.45) is 6.48. The van der Waals surface area contributed by atoms with Crippen LogP contribution in [-0.2, 0) is 4.74 Å². The van der Waals surface area contributed by atoms with Crippen LogP contribution >= 0.6 is 0 Å². The second-order valence-corrected chi connectivity index (χ2v) is 4.24. The first-order chi connectivity index (χ1) is 8.19. The van der Waals surface area contributed by atoms with Gasteiger partial charge in [-0.05, 0) is 25.5 Å². The third-order valence-electron chi connectivity index (χ3n) is 3.00.